The van der Waals surface area contributed by atoms with Gasteiger partial charge in [-0.2, -0.15) is 23.5 Å². The van der Waals surface area contributed by atoms with Gasteiger partial charge in [-0.05, 0) is 49.9 Å². The number of thioether (sulfide) groups is 4. The molecule has 0 saturated carbocycles. The Morgan fingerprint density at radius 3 is 2.39 bits per heavy atom. The molecule has 0 N–H and O–H groups in total. The maximum absolute atomic E-state index is 2.40. The zero-order valence-electron chi connectivity index (χ0n) is 11.9. The molecule has 108 valence electrons. The first-order valence-corrected chi connectivity index (χ1v) is 11.6. The van der Waals surface area contributed by atoms with E-state index >= 15 is 0 Å². The first-order valence-electron chi connectivity index (χ1n) is 7.25. The molecule has 1 heterocycles. The Hall–Kier alpha value is 1.40. The third-order valence-corrected chi connectivity index (χ3v) is 8.50. The molecule has 1 rings (SSSR count). The monoisotopic (exact) mass is 324 g/mol. The summed E-state index contributed by atoms with van der Waals surface area (Å²) in [6.45, 7) is 4.75. The van der Waals surface area contributed by atoms with E-state index in [0.29, 0.717) is 0 Å². The fourth-order valence-corrected chi connectivity index (χ4v) is 7.07. The number of hydrogen-bond acceptors (Lipinski definition) is 4. The van der Waals surface area contributed by atoms with Crippen LogP contribution in [0.1, 0.15) is 46.0 Å². The molecule has 18 heavy (non-hydrogen) atoms. The van der Waals surface area contributed by atoms with E-state index in [4.69, 9.17) is 0 Å². The third kappa shape index (κ3) is 9.33. The largest absolute Gasteiger partial charge is 0.161 e. The minimum absolute atomic E-state index is 0.791. The average molecular weight is 325 g/mol. The molecule has 2 unspecified atom stereocenters. The Morgan fingerprint density at radius 1 is 0.889 bits per heavy atom. The lowest BCUT2D eigenvalue weighted by Gasteiger charge is -2.19. The van der Waals surface area contributed by atoms with Gasteiger partial charge in [0.15, 0.2) is 0 Å². The minimum atomic E-state index is 0.791. The average Bonchev–Trinajstić information content (AvgIpc) is 2.38. The molecular weight excluding hydrogens is 296 g/mol. The molecule has 1 saturated heterocycles. The molecule has 0 aliphatic carbocycles. The first-order chi connectivity index (χ1) is 8.83. The van der Waals surface area contributed by atoms with Crippen LogP contribution in [-0.2, 0) is 0 Å². The lowest BCUT2D eigenvalue weighted by atomic mass is 10.3. The molecule has 4 heteroatoms. The summed E-state index contributed by atoms with van der Waals surface area (Å²) >= 11 is 8.72. The van der Waals surface area contributed by atoms with E-state index in [0.717, 1.165) is 9.83 Å². The van der Waals surface area contributed by atoms with Gasteiger partial charge in [-0.15, -0.1) is 23.5 Å². The van der Waals surface area contributed by atoms with Gasteiger partial charge in [0.25, 0.3) is 0 Å². The van der Waals surface area contributed by atoms with Gasteiger partial charge in [0.2, 0.25) is 0 Å². The van der Waals surface area contributed by atoms with Gasteiger partial charge in [-0.1, -0.05) is 13.3 Å². The molecular formula is C14H28S4. The molecule has 1 fully saturated rings. The molecule has 1 aliphatic rings. The van der Waals surface area contributed by atoms with Gasteiger partial charge < -0.3 is 0 Å². The van der Waals surface area contributed by atoms with Crippen LogP contribution in [0.3, 0.4) is 0 Å². The van der Waals surface area contributed by atoms with E-state index in [1.54, 1.807) is 0 Å². The third-order valence-electron chi connectivity index (χ3n) is 3.08. The van der Waals surface area contributed by atoms with Crippen LogP contribution < -0.4 is 0 Å². The first kappa shape index (κ1) is 17.5. The molecule has 0 aromatic heterocycles. The highest BCUT2D eigenvalue weighted by Gasteiger charge is 2.12. The zero-order valence-corrected chi connectivity index (χ0v) is 15.1. The summed E-state index contributed by atoms with van der Waals surface area (Å²) in [6, 6.07) is 0. The molecule has 0 radical (unpaired) electrons. The Morgan fingerprint density at radius 2 is 1.61 bits per heavy atom. The summed E-state index contributed by atoms with van der Waals surface area (Å²) in [6.07, 6.45) is 7.02. The van der Waals surface area contributed by atoms with Crippen LogP contribution in [0.5, 0.6) is 0 Å². The van der Waals surface area contributed by atoms with Crippen molar-refractivity contribution in [3.05, 3.63) is 0 Å². The van der Waals surface area contributed by atoms with Crippen molar-refractivity contribution in [3.63, 3.8) is 0 Å². The molecule has 0 spiro atoms. The van der Waals surface area contributed by atoms with Gasteiger partial charge in [0.1, 0.15) is 0 Å². The Labute approximate surface area is 131 Å². The molecule has 2 atom stereocenters. The van der Waals surface area contributed by atoms with E-state index in [2.05, 4.69) is 60.9 Å². The zero-order chi connectivity index (χ0) is 13.1. The van der Waals surface area contributed by atoms with E-state index in [1.165, 1.54) is 60.9 Å². The van der Waals surface area contributed by atoms with Crippen molar-refractivity contribution in [2.45, 2.75) is 55.8 Å². The smallest absolute Gasteiger partial charge is 0.0477 e. The van der Waals surface area contributed by atoms with Crippen LogP contribution in [-0.4, -0.2) is 38.6 Å². The summed E-state index contributed by atoms with van der Waals surface area (Å²) in [4.78, 5) is 0. The number of rotatable bonds is 1. The summed E-state index contributed by atoms with van der Waals surface area (Å²) in [5.74, 6) is 6.83. The van der Waals surface area contributed by atoms with Gasteiger partial charge in [-0.3, -0.25) is 0 Å². The molecule has 0 bridgehead atoms. The normalized spacial score (nSPS) is 30.3. The summed E-state index contributed by atoms with van der Waals surface area (Å²) < 4.78 is 0.791. The van der Waals surface area contributed by atoms with Crippen LogP contribution in [0, 0.1) is 0 Å². The Kier molecular flexibility index (Phi) is 11.8. The molecule has 0 amide bonds. The highest BCUT2D eigenvalue weighted by molar-refractivity contribution is 8.17. The van der Waals surface area contributed by atoms with Crippen molar-refractivity contribution in [3.8, 4) is 0 Å². The number of hydrogen-bond donors (Lipinski definition) is 0. The SMILES string of the molecule is CCC1CCSCCSCCCCCSC(C)S1. The van der Waals surface area contributed by atoms with Crippen LogP contribution in [0.25, 0.3) is 0 Å². The summed E-state index contributed by atoms with van der Waals surface area (Å²) in [7, 11) is 0. The molecule has 0 nitrogen and oxygen atoms in total. The Bertz CT molecular complexity index is 187. The predicted molar refractivity (Wildman–Crippen MR) is 96.7 cm³/mol. The van der Waals surface area contributed by atoms with Crippen molar-refractivity contribution in [1.29, 1.82) is 0 Å². The second-order valence-electron chi connectivity index (χ2n) is 4.68. The quantitative estimate of drug-likeness (QED) is 0.614. The van der Waals surface area contributed by atoms with Gasteiger partial charge in [0.05, 0.1) is 0 Å². The van der Waals surface area contributed by atoms with Crippen molar-refractivity contribution in [2.75, 3.05) is 28.8 Å². The summed E-state index contributed by atoms with van der Waals surface area (Å²) in [5.41, 5.74) is 0. The van der Waals surface area contributed by atoms with Crippen molar-refractivity contribution in [1.82, 2.24) is 0 Å². The topological polar surface area (TPSA) is 0 Å². The van der Waals surface area contributed by atoms with Gasteiger partial charge >= 0.3 is 0 Å². The maximum Gasteiger partial charge on any atom is 0.0477 e. The van der Waals surface area contributed by atoms with E-state index in [1.807, 2.05) is 0 Å². The predicted octanol–water partition coefficient (Wildman–Crippen LogP) is 5.62. The van der Waals surface area contributed by atoms with Crippen molar-refractivity contribution in [2.24, 2.45) is 0 Å². The van der Waals surface area contributed by atoms with E-state index < -0.39 is 0 Å². The van der Waals surface area contributed by atoms with Crippen LogP contribution in [0.15, 0.2) is 0 Å². The lowest BCUT2D eigenvalue weighted by molar-refractivity contribution is 0.785. The molecule has 0 aromatic rings. The maximum atomic E-state index is 2.40. The van der Waals surface area contributed by atoms with Gasteiger partial charge in [0, 0.05) is 21.3 Å². The second-order valence-corrected chi connectivity index (χ2v) is 10.5. The summed E-state index contributed by atoms with van der Waals surface area (Å²) in [5, 5.41) is 0.887. The molecule has 1 aliphatic heterocycles. The fraction of sp³-hybridized carbons (Fsp3) is 1.00. The van der Waals surface area contributed by atoms with E-state index in [-0.39, 0.29) is 0 Å². The minimum Gasteiger partial charge on any atom is -0.161 e. The highest BCUT2D eigenvalue weighted by Crippen LogP contribution is 2.32. The Balaban J connectivity index is 2.27. The molecule has 0 aromatic carbocycles. The highest BCUT2D eigenvalue weighted by atomic mass is 32.2. The lowest BCUT2D eigenvalue weighted by Crippen LogP contribution is -2.07. The fourth-order valence-electron chi connectivity index (χ4n) is 1.95. The second kappa shape index (κ2) is 12.2. The van der Waals surface area contributed by atoms with Crippen LogP contribution in [0.4, 0.5) is 0 Å². The van der Waals surface area contributed by atoms with Crippen molar-refractivity contribution < 1.29 is 0 Å². The van der Waals surface area contributed by atoms with Crippen LogP contribution >= 0.6 is 47.0 Å². The van der Waals surface area contributed by atoms with E-state index in [9.17, 15) is 0 Å². The standard InChI is InChI=1S/C14H28S4/c1-3-14-7-10-16-12-11-15-8-5-4-6-9-17-13(2)18-14/h13-14H,3-12H2,1-2H3. The van der Waals surface area contributed by atoms with Crippen molar-refractivity contribution >= 4 is 47.0 Å². The van der Waals surface area contributed by atoms with Crippen LogP contribution in [0.2, 0.25) is 0 Å². The van der Waals surface area contributed by atoms with Gasteiger partial charge in [-0.25, -0.2) is 0 Å².